The summed E-state index contributed by atoms with van der Waals surface area (Å²) < 4.78 is 0. The molecule has 0 saturated heterocycles. The lowest BCUT2D eigenvalue weighted by Gasteiger charge is -2.28. The molecule has 0 aromatic rings. The van der Waals surface area contributed by atoms with Crippen LogP contribution in [-0.2, 0) is 4.79 Å². The first-order chi connectivity index (χ1) is 15.2. The van der Waals surface area contributed by atoms with Gasteiger partial charge in [0.2, 0.25) is 5.91 Å². The molecule has 0 heterocycles. The smallest absolute Gasteiger partial charge is 0.222 e. The quantitative estimate of drug-likeness (QED) is 0.168. The second-order valence-corrected chi connectivity index (χ2v) is 9.75. The van der Waals surface area contributed by atoms with Crippen molar-refractivity contribution in [2.75, 3.05) is 20.2 Å². The molecule has 0 rings (SSSR count). The van der Waals surface area contributed by atoms with Gasteiger partial charge >= 0.3 is 0 Å². The van der Waals surface area contributed by atoms with Gasteiger partial charge in [0.05, 0.1) is 6.61 Å². The number of aliphatic hydroxyl groups excluding tert-OH is 5. The molecule has 5 N–H and O–H groups in total. The highest BCUT2D eigenvalue weighted by atomic mass is 16.4. The van der Waals surface area contributed by atoms with E-state index in [-0.39, 0.29) is 12.5 Å². The number of hydrogen-bond acceptors (Lipinski definition) is 6. The summed E-state index contributed by atoms with van der Waals surface area (Å²) in [5, 5.41) is 47.6. The molecule has 0 aromatic carbocycles. The molecule has 0 aliphatic carbocycles. The van der Waals surface area contributed by atoms with Crippen LogP contribution < -0.4 is 0 Å². The number of rotatable bonds is 21. The molecule has 32 heavy (non-hydrogen) atoms. The summed E-state index contributed by atoms with van der Waals surface area (Å²) in [6.07, 6.45) is 10.3. The Balaban J connectivity index is 3.64. The predicted octanol–water partition coefficient (Wildman–Crippen LogP) is 3.00. The Morgan fingerprint density at radius 1 is 0.688 bits per heavy atom. The molecule has 0 aliphatic rings. The minimum Gasteiger partial charge on any atom is -0.394 e. The van der Waals surface area contributed by atoms with Crippen molar-refractivity contribution in [3.63, 3.8) is 0 Å². The summed E-state index contributed by atoms with van der Waals surface area (Å²) in [4.78, 5) is 13.5. The molecule has 0 saturated carbocycles. The normalized spacial score (nSPS) is 15.5. The van der Waals surface area contributed by atoms with Gasteiger partial charge in [-0.1, -0.05) is 90.9 Å². The number of amides is 1. The molecule has 4 atom stereocenters. The number of nitrogens with zero attached hydrogens (tertiary/aromatic N) is 1. The molecule has 0 fully saturated rings. The highest BCUT2D eigenvalue weighted by Gasteiger charge is 2.31. The van der Waals surface area contributed by atoms with E-state index in [1.807, 2.05) is 0 Å². The number of aliphatic hydroxyl groups is 5. The summed E-state index contributed by atoms with van der Waals surface area (Å²) in [6.45, 7) is 3.71. The summed E-state index contributed by atoms with van der Waals surface area (Å²) in [5.41, 5.74) is 0. The first-order valence-corrected chi connectivity index (χ1v) is 12.8. The maximum absolute atomic E-state index is 12.2. The van der Waals surface area contributed by atoms with E-state index in [0.717, 1.165) is 25.2 Å². The molecule has 0 aromatic heterocycles. The van der Waals surface area contributed by atoms with E-state index in [1.54, 1.807) is 0 Å². The van der Waals surface area contributed by atoms with Crippen LogP contribution in [0.25, 0.3) is 0 Å². The van der Waals surface area contributed by atoms with Gasteiger partial charge in [0.1, 0.15) is 24.4 Å². The van der Waals surface area contributed by atoms with E-state index >= 15 is 0 Å². The van der Waals surface area contributed by atoms with Gasteiger partial charge in [-0.25, -0.2) is 0 Å². The first kappa shape index (κ1) is 31.3. The van der Waals surface area contributed by atoms with Crippen molar-refractivity contribution in [2.24, 2.45) is 5.92 Å². The Morgan fingerprint density at radius 2 is 1.09 bits per heavy atom. The van der Waals surface area contributed by atoms with Crippen LogP contribution in [0.3, 0.4) is 0 Å². The maximum Gasteiger partial charge on any atom is 0.222 e. The van der Waals surface area contributed by atoms with Gasteiger partial charge in [-0.05, 0) is 12.3 Å². The molecule has 1 amide bonds. The van der Waals surface area contributed by atoms with E-state index < -0.39 is 31.0 Å². The molecule has 0 aliphatic heterocycles. The van der Waals surface area contributed by atoms with Crippen LogP contribution in [0.2, 0.25) is 0 Å². The van der Waals surface area contributed by atoms with Gasteiger partial charge < -0.3 is 30.4 Å². The van der Waals surface area contributed by atoms with E-state index in [0.29, 0.717) is 6.42 Å². The molecule has 0 unspecified atom stereocenters. The Bertz CT molecular complexity index is 448. The molecule has 0 spiro atoms. The lowest BCUT2D eigenvalue weighted by molar-refractivity contribution is -0.138. The largest absolute Gasteiger partial charge is 0.394 e. The molecule has 7 nitrogen and oxygen atoms in total. The number of hydrogen-bond donors (Lipinski definition) is 5. The van der Waals surface area contributed by atoms with Crippen molar-refractivity contribution in [1.82, 2.24) is 4.90 Å². The fourth-order valence-corrected chi connectivity index (χ4v) is 3.84. The molecule has 7 heteroatoms. The fourth-order valence-electron chi connectivity index (χ4n) is 3.84. The highest BCUT2D eigenvalue weighted by Crippen LogP contribution is 2.15. The van der Waals surface area contributed by atoms with E-state index in [1.165, 1.54) is 76.2 Å². The van der Waals surface area contributed by atoms with E-state index in [9.17, 15) is 25.2 Å². The SMILES string of the molecule is CC(C)CCCCCCCCCCCCCCC(=O)N(C)C[C@H](O)[C@@H](O)[C@H](O)[C@H](O)CO. The molecule has 192 valence electrons. The Hall–Kier alpha value is -0.730. The fraction of sp³-hybridized carbons (Fsp3) is 0.960. The number of carbonyl (C=O) groups is 1. The topological polar surface area (TPSA) is 121 Å². The van der Waals surface area contributed by atoms with Crippen LogP contribution in [0.15, 0.2) is 0 Å². The van der Waals surface area contributed by atoms with Crippen LogP contribution in [0.1, 0.15) is 104 Å². The Morgan fingerprint density at radius 3 is 1.53 bits per heavy atom. The third-order valence-corrected chi connectivity index (χ3v) is 6.13. The Labute approximate surface area is 195 Å². The second-order valence-electron chi connectivity index (χ2n) is 9.75. The van der Waals surface area contributed by atoms with Crippen molar-refractivity contribution >= 4 is 5.91 Å². The first-order valence-electron chi connectivity index (χ1n) is 12.8. The van der Waals surface area contributed by atoms with Gasteiger partial charge in [0.25, 0.3) is 0 Å². The third-order valence-electron chi connectivity index (χ3n) is 6.13. The molecular weight excluding hydrogens is 410 g/mol. The maximum atomic E-state index is 12.2. The molecular formula is C25H51NO6. The van der Waals surface area contributed by atoms with Crippen molar-refractivity contribution in [3.8, 4) is 0 Å². The zero-order valence-corrected chi connectivity index (χ0v) is 20.8. The number of unbranched alkanes of at least 4 members (excludes halogenated alkanes) is 11. The van der Waals surface area contributed by atoms with Crippen molar-refractivity contribution in [3.05, 3.63) is 0 Å². The highest BCUT2D eigenvalue weighted by molar-refractivity contribution is 5.75. The minimum absolute atomic E-state index is 0.123. The monoisotopic (exact) mass is 461 g/mol. The zero-order valence-electron chi connectivity index (χ0n) is 20.8. The number of likely N-dealkylation sites (N-methyl/N-ethyl adjacent to an activating group) is 1. The van der Waals surface area contributed by atoms with Crippen LogP contribution in [-0.4, -0.2) is 81.0 Å². The zero-order chi connectivity index (χ0) is 24.4. The molecule has 0 radical (unpaired) electrons. The van der Waals surface area contributed by atoms with Gasteiger partial charge in [-0.2, -0.15) is 0 Å². The summed E-state index contributed by atoms with van der Waals surface area (Å²) >= 11 is 0. The average molecular weight is 462 g/mol. The van der Waals surface area contributed by atoms with Gasteiger partial charge in [-0.15, -0.1) is 0 Å². The minimum atomic E-state index is -1.67. The standard InChI is InChI=1S/C25H51NO6/c1-20(2)16-14-12-10-8-6-4-5-7-9-11-13-15-17-23(30)26(3)18-21(28)24(31)25(32)22(29)19-27/h20-22,24-25,27-29,31-32H,4-19H2,1-3H3/t21-,22+,24+,25+/m0/s1. The van der Waals surface area contributed by atoms with Crippen LogP contribution >= 0.6 is 0 Å². The average Bonchev–Trinajstić information content (AvgIpc) is 2.76. The van der Waals surface area contributed by atoms with Crippen LogP contribution in [0, 0.1) is 5.92 Å². The van der Waals surface area contributed by atoms with Crippen LogP contribution in [0.5, 0.6) is 0 Å². The predicted molar refractivity (Wildman–Crippen MR) is 128 cm³/mol. The van der Waals surface area contributed by atoms with E-state index in [4.69, 9.17) is 5.11 Å². The summed E-state index contributed by atoms with van der Waals surface area (Å²) in [7, 11) is 1.54. The Kier molecular flexibility index (Phi) is 19.3. The van der Waals surface area contributed by atoms with Crippen LogP contribution in [0.4, 0.5) is 0 Å². The van der Waals surface area contributed by atoms with Crippen molar-refractivity contribution < 1.29 is 30.3 Å². The lowest BCUT2D eigenvalue weighted by atomic mass is 10.0. The van der Waals surface area contributed by atoms with Gasteiger partial charge in [0.15, 0.2) is 0 Å². The summed E-state index contributed by atoms with van der Waals surface area (Å²) in [6, 6.07) is 0. The van der Waals surface area contributed by atoms with Crippen molar-refractivity contribution in [1.29, 1.82) is 0 Å². The van der Waals surface area contributed by atoms with Gasteiger partial charge in [0, 0.05) is 20.0 Å². The van der Waals surface area contributed by atoms with E-state index in [2.05, 4.69) is 13.8 Å². The second kappa shape index (κ2) is 19.7. The van der Waals surface area contributed by atoms with Crippen molar-refractivity contribution in [2.45, 2.75) is 128 Å². The molecule has 0 bridgehead atoms. The third kappa shape index (κ3) is 16.0. The van der Waals surface area contributed by atoms with Gasteiger partial charge in [-0.3, -0.25) is 4.79 Å². The summed E-state index contributed by atoms with van der Waals surface area (Å²) in [5.74, 6) is 0.705. The number of carbonyl (C=O) groups excluding carboxylic acids is 1. The lowest BCUT2D eigenvalue weighted by Crippen LogP contribution is -2.49.